The fourth-order valence-corrected chi connectivity index (χ4v) is 2.53. The van der Waals surface area contributed by atoms with Crippen LogP contribution in [0.15, 0.2) is 34.8 Å². The number of allylic oxidation sites excluding steroid dienone is 2. The molecule has 1 atom stereocenters. The molecule has 0 bridgehead atoms. The van der Waals surface area contributed by atoms with Gasteiger partial charge in [0.05, 0.1) is 11.1 Å². The van der Waals surface area contributed by atoms with Crippen molar-refractivity contribution in [2.24, 2.45) is 4.99 Å². The van der Waals surface area contributed by atoms with Crippen LogP contribution in [-0.2, 0) is 5.41 Å². The van der Waals surface area contributed by atoms with Crippen LogP contribution in [0.1, 0.15) is 32.3 Å². The lowest BCUT2D eigenvalue weighted by atomic mass is 9.72. The smallest absolute Gasteiger partial charge is 0.296 e. The summed E-state index contributed by atoms with van der Waals surface area (Å²) in [6.07, 6.45) is 5.74. The predicted molar refractivity (Wildman–Crippen MR) is 62.6 cm³/mol. The molecule has 1 aromatic carbocycles. The average molecular weight is 323 g/mol. The van der Waals surface area contributed by atoms with Gasteiger partial charge in [-0.2, -0.15) is 0 Å². The summed E-state index contributed by atoms with van der Waals surface area (Å²) < 4.78 is 0. The largest absolute Gasteiger partial charge is 1.00 e. The molecule has 1 heterocycles. The first kappa shape index (κ1) is 11.7. The zero-order valence-corrected chi connectivity index (χ0v) is 11.7. The maximum Gasteiger partial charge on any atom is 0.296 e. The molecular weight excluding hydrogens is 309 g/mol. The van der Waals surface area contributed by atoms with E-state index in [-0.39, 0.29) is 29.4 Å². The molecule has 3 rings (SSSR count). The molecule has 0 radical (unpaired) electrons. The number of fused-ring (bicyclic) bond motifs is 3. The summed E-state index contributed by atoms with van der Waals surface area (Å²) in [5, 5.41) is 0. The minimum Gasteiger partial charge on any atom is -1.00 e. The summed E-state index contributed by atoms with van der Waals surface area (Å²) in [6.45, 7) is 4.43. The van der Waals surface area contributed by atoms with E-state index in [9.17, 15) is 0 Å². The normalized spacial score (nSPS) is 25.6. The van der Waals surface area contributed by atoms with E-state index in [1.807, 2.05) is 0 Å². The van der Waals surface area contributed by atoms with Crippen LogP contribution >= 0.6 is 0 Å². The van der Waals surface area contributed by atoms with Crippen molar-refractivity contribution >= 4 is 11.4 Å². The molecule has 0 amide bonds. The van der Waals surface area contributed by atoms with Gasteiger partial charge in [0.2, 0.25) is 0 Å². The molecule has 0 aromatic heterocycles. The van der Waals surface area contributed by atoms with Gasteiger partial charge in [-0.1, -0.05) is 18.2 Å². The number of hydrogen-bond acceptors (Lipinski definition) is 1. The van der Waals surface area contributed by atoms with Gasteiger partial charge in [0.15, 0.2) is 5.57 Å². The third kappa shape index (κ3) is 1.52. The number of rotatable bonds is 0. The van der Waals surface area contributed by atoms with Crippen LogP contribution in [0.3, 0.4) is 0 Å². The Morgan fingerprint density at radius 1 is 1.31 bits per heavy atom. The fourth-order valence-electron chi connectivity index (χ4n) is 2.53. The van der Waals surface area contributed by atoms with Crippen molar-refractivity contribution in [2.75, 3.05) is 0 Å². The second kappa shape index (κ2) is 3.94. The van der Waals surface area contributed by atoms with Crippen molar-refractivity contribution in [2.45, 2.75) is 32.1 Å². The Morgan fingerprint density at radius 2 is 2.06 bits per heavy atom. The molecule has 0 saturated heterocycles. The first-order valence-electron chi connectivity index (χ1n) is 5.48. The van der Waals surface area contributed by atoms with E-state index in [1.165, 1.54) is 17.6 Å². The fraction of sp³-hybridized carbons (Fsp3) is 0.357. The Kier molecular flexibility index (Phi) is 2.89. The van der Waals surface area contributed by atoms with Gasteiger partial charge < -0.3 is 24.0 Å². The van der Waals surface area contributed by atoms with E-state index in [0.29, 0.717) is 0 Å². The predicted octanol–water partition coefficient (Wildman–Crippen LogP) is 0.578. The first-order valence-corrected chi connectivity index (χ1v) is 5.48. The zero-order valence-electron chi connectivity index (χ0n) is 9.55. The number of aliphatic imine (C=N–C) groups is 1. The average Bonchev–Trinajstić information content (AvgIpc) is 2.52. The van der Waals surface area contributed by atoms with Gasteiger partial charge in [-0.15, -0.1) is 0 Å². The van der Waals surface area contributed by atoms with Crippen LogP contribution in [0.2, 0.25) is 0 Å². The summed E-state index contributed by atoms with van der Waals surface area (Å²) in [5.74, 6) is 0. The molecule has 16 heavy (non-hydrogen) atoms. The highest BCUT2D eigenvalue weighted by molar-refractivity contribution is 6.07. The van der Waals surface area contributed by atoms with Crippen LogP contribution in [0.4, 0.5) is 5.69 Å². The van der Waals surface area contributed by atoms with Gasteiger partial charge in [-0.25, -0.2) is 4.99 Å². The van der Waals surface area contributed by atoms with Crippen LogP contribution in [0.5, 0.6) is 0 Å². The van der Waals surface area contributed by atoms with Gasteiger partial charge in [0, 0.05) is 13.3 Å². The number of benzene rings is 1. The monoisotopic (exact) mass is 323 g/mol. The van der Waals surface area contributed by atoms with Crippen molar-refractivity contribution in [1.82, 2.24) is 0 Å². The van der Waals surface area contributed by atoms with Gasteiger partial charge in [-0.3, -0.25) is 0 Å². The standard InChI is InChI=1S/C14H14N.HI/c1-10-7-8-14(2)11-5-3-4-6-12(11)15-13(14)9-10;/h3-6H,7-8H2,1-2H3;1H/q+1;/p-1. The quantitative estimate of drug-likeness (QED) is 0.489. The van der Waals surface area contributed by atoms with E-state index >= 15 is 0 Å². The van der Waals surface area contributed by atoms with E-state index in [4.69, 9.17) is 0 Å². The Balaban J connectivity index is 0.000000963. The molecule has 82 valence electrons. The number of hydrogen-bond donors (Lipinski definition) is 0. The Morgan fingerprint density at radius 3 is 2.88 bits per heavy atom. The zero-order chi connectivity index (χ0) is 10.5. The third-order valence-electron chi connectivity index (χ3n) is 3.59. The SMILES string of the molecule is CC1=[C+]C2=Nc3ccccc3C2(C)CC1.[I-]. The minimum atomic E-state index is 0. The second-order valence-corrected chi connectivity index (χ2v) is 4.71. The van der Waals surface area contributed by atoms with Crippen LogP contribution in [-0.4, -0.2) is 5.71 Å². The van der Waals surface area contributed by atoms with Crippen LogP contribution in [0, 0.1) is 6.08 Å². The van der Waals surface area contributed by atoms with Gasteiger partial charge in [0.25, 0.3) is 11.8 Å². The van der Waals surface area contributed by atoms with Crippen molar-refractivity contribution < 1.29 is 24.0 Å². The number of para-hydroxylation sites is 1. The van der Waals surface area contributed by atoms with E-state index < -0.39 is 0 Å². The summed E-state index contributed by atoms with van der Waals surface area (Å²) in [6, 6.07) is 8.46. The Bertz CT molecular complexity index is 487. The van der Waals surface area contributed by atoms with Crippen molar-refractivity contribution in [3.8, 4) is 0 Å². The maximum absolute atomic E-state index is 4.68. The first-order chi connectivity index (χ1) is 7.20. The Hall–Kier alpha value is -0.730. The summed E-state index contributed by atoms with van der Waals surface area (Å²) >= 11 is 0. The Labute approximate surface area is 114 Å². The van der Waals surface area contributed by atoms with Crippen molar-refractivity contribution in [3.05, 3.63) is 41.5 Å². The molecule has 2 heteroatoms. The number of nitrogens with zero attached hydrogens (tertiary/aromatic N) is 1. The van der Waals surface area contributed by atoms with E-state index in [0.717, 1.165) is 17.8 Å². The third-order valence-corrected chi connectivity index (χ3v) is 3.59. The van der Waals surface area contributed by atoms with Gasteiger partial charge >= 0.3 is 0 Å². The molecule has 1 aliphatic heterocycles. The highest BCUT2D eigenvalue weighted by Crippen LogP contribution is 2.45. The molecule has 0 fully saturated rings. The van der Waals surface area contributed by atoms with Crippen molar-refractivity contribution in [3.63, 3.8) is 0 Å². The maximum atomic E-state index is 4.68. The van der Waals surface area contributed by atoms with Crippen LogP contribution < -0.4 is 24.0 Å². The molecule has 0 saturated carbocycles. The highest BCUT2D eigenvalue weighted by atomic mass is 127. The topological polar surface area (TPSA) is 12.4 Å². The lowest BCUT2D eigenvalue weighted by Crippen LogP contribution is -3.00. The molecule has 1 unspecified atom stereocenters. The molecule has 0 N–H and O–H groups in total. The second-order valence-electron chi connectivity index (χ2n) is 4.71. The molecule has 1 aliphatic carbocycles. The minimum absolute atomic E-state index is 0. The van der Waals surface area contributed by atoms with Gasteiger partial charge in [0.1, 0.15) is 0 Å². The van der Waals surface area contributed by atoms with Gasteiger partial charge in [-0.05, 0) is 25.0 Å². The molecular formula is C14H14IN. The molecule has 0 spiro atoms. The summed E-state index contributed by atoms with van der Waals surface area (Å²) in [4.78, 5) is 4.68. The lowest BCUT2D eigenvalue weighted by molar-refractivity contribution is -0.00000321. The summed E-state index contributed by atoms with van der Waals surface area (Å²) in [7, 11) is 0. The molecule has 2 aliphatic rings. The molecule has 1 nitrogen and oxygen atoms in total. The number of halogens is 1. The van der Waals surface area contributed by atoms with E-state index in [2.05, 4.69) is 49.2 Å². The van der Waals surface area contributed by atoms with E-state index in [1.54, 1.807) is 0 Å². The van der Waals surface area contributed by atoms with Crippen molar-refractivity contribution in [1.29, 1.82) is 0 Å². The van der Waals surface area contributed by atoms with Crippen LogP contribution in [0.25, 0.3) is 0 Å². The summed E-state index contributed by atoms with van der Waals surface area (Å²) in [5.41, 5.74) is 5.10. The molecule has 1 aromatic rings. The highest BCUT2D eigenvalue weighted by Gasteiger charge is 2.48. The lowest BCUT2D eigenvalue weighted by Gasteiger charge is -2.22.